The zero-order valence-corrected chi connectivity index (χ0v) is 15.9. The zero-order chi connectivity index (χ0) is 19.0. The van der Waals surface area contributed by atoms with Crippen LogP contribution in [-0.4, -0.2) is 5.78 Å². The molecular formula is C21H14ClFO3S. The van der Waals surface area contributed by atoms with E-state index in [0.717, 1.165) is 10.4 Å². The van der Waals surface area contributed by atoms with Gasteiger partial charge in [-0.15, -0.1) is 11.3 Å². The summed E-state index contributed by atoms with van der Waals surface area (Å²) < 4.78 is 24.8. The van der Waals surface area contributed by atoms with E-state index in [0.29, 0.717) is 33.4 Å². The van der Waals surface area contributed by atoms with Gasteiger partial charge in [0, 0.05) is 22.1 Å². The van der Waals surface area contributed by atoms with Gasteiger partial charge in [-0.2, -0.15) is 0 Å². The number of halogens is 2. The van der Waals surface area contributed by atoms with Gasteiger partial charge in [-0.3, -0.25) is 4.79 Å². The van der Waals surface area contributed by atoms with E-state index in [1.54, 1.807) is 24.3 Å². The monoisotopic (exact) mass is 400 g/mol. The Morgan fingerprint density at radius 2 is 2.11 bits per heavy atom. The van der Waals surface area contributed by atoms with Crippen LogP contribution in [0, 0.1) is 12.7 Å². The van der Waals surface area contributed by atoms with E-state index in [2.05, 4.69) is 0 Å². The Kier molecular flexibility index (Phi) is 4.72. The van der Waals surface area contributed by atoms with Gasteiger partial charge < -0.3 is 9.47 Å². The molecule has 136 valence electrons. The van der Waals surface area contributed by atoms with Crippen LogP contribution >= 0.6 is 22.9 Å². The molecular weight excluding hydrogens is 387 g/mol. The molecule has 2 aromatic carbocycles. The second-order valence-electron chi connectivity index (χ2n) is 6.04. The maximum Gasteiger partial charge on any atom is 0.232 e. The Labute approximate surface area is 164 Å². The average Bonchev–Trinajstić information content (AvgIpc) is 3.26. The molecule has 0 atom stereocenters. The minimum absolute atomic E-state index is 0.144. The van der Waals surface area contributed by atoms with Crippen molar-refractivity contribution in [3.8, 4) is 11.5 Å². The summed E-state index contributed by atoms with van der Waals surface area (Å²) in [5.41, 5.74) is 1.92. The van der Waals surface area contributed by atoms with Gasteiger partial charge in [0.1, 0.15) is 23.9 Å². The molecule has 27 heavy (non-hydrogen) atoms. The number of thiophene rings is 1. The van der Waals surface area contributed by atoms with E-state index in [9.17, 15) is 9.18 Å². The first-order valence-corrected chi connectivity index (χ1v) is 9.47. The highest BCUT2D eigenvalue weighted by atomic mass is 35.5. The van der Waals surface area contributed by atoms with E-state index in [4.69, 9.17) is 21.1 Å². The Bertz CT molecular complexity index is 1060. The van der Waals surface area contributed by atoms with E-state index in [1.807, 2.05) is 24.4 Å². The third-order valence-corrected chi connectivity index (χ3v) is 5.42. The molecule has 1 aliphatic rings. The van der Waals surface area contributed by atoms with Crippen LogP contribution in [0.4, 0.5) is 4.39 Å². The van der Waals surface area contributed by atoms with Crippen molar-refractivity contribution in [1.29, 1.82) is 0 Å². The molecule has 6 heteroatoms. The van der Waals surface area contributed by atoms with Gasteiger partial charge >= 0.3 is 0 Å². The number of rotatable bonds is 4. The topological polar surface area (TPSA) is 35.5 Å². The van der Waals surface area contributed by atoms with Crippen LogP contribution in [-0.2, 0) is 6.61 Å². The second-order valence-corrected chi connectivity index (χ2v) is 7.43. The van der Waals surface area contributed by atoms with Gasteiger partial charge in [-0.05, 0) is 42.6 Å². The predicted molar refractivity (Wildman–Crippen MR) is 104 cm³/mol. The summed E-state index contributed by atoms with van der Waals surface area (Å²) in [7, 11) is 0. The van der Waals surface area contributed by atoms with Crippen molar-refractivity contribution < 1.29 is 18.7 Å². The molecule has 0 amide bonds. The summed E-state index contributed by atoms with van der Waals surface area (Å²) in [5.74, 6) is 0.850. The Balaban J connectivity index is 1.57. The van der Waals surface area contributed by atoms with Crippen LogP contribution in [0.5, 0.6) is 11.5 Å². The Morgan fingerprint density at radius 1 is 1.26 bits per heavy atom. The van der Waals surface area contributed by atoms with E-state index in [-0.39, 0.29) is 12.4 Å². The molecule has 0 spiro atoms. The molecule has 0 fully saturated rings. The molecule has 0 saturated carbocycles. The molecule has 3 nitrogen and oxygen atoms in total. The molecule has 0 aliphatic carbocycles. The summed E-state index contributed by atoms with van der Waals surface area (Å²) in [5, 5.41) is 2.25. The Morgan fingerprint density at radius 3 is 2.85 bits per heavy atom. The van der Waals surface area contributed by atoms with Crippen LogP contribution in [0.3, 0.4) is 0 Å². The minimum atomic E-state index is -0.394. The first kappa shape index (κ1) is 17.8. The maximum atomic E-state index is 13.2. The van der Waals surface area contributed by atoms with Crippen molar-refractivity contribution in [1.82, 2.24) is 0 Å². The first-order chi connectivity index (χ1) is 13.0. The van der Waals surface area contributed by atoms with Gasteiger partial charge in [0.2, 0.25) is 5.78 Å². The van der Waals surface area contributed by atoms with Gasteiger partial charge in [0.25, 0.3) is 0 Å². The predicted octanol–water partition coefficient (Wildman–Crippen LogP) is 6.04. The number of ketones is 1. The molecule has 4 rings (SSSR count). The fourth-order valence-corrected chi connectivity index (χ4v) is 3.69. The lowest BCUT2D eigenvalue weighted by Gasteiger charge is -2.12. The molecule has 0 bridgehead atoms. The number of benzene rings is 2. The smallest absolute Gasteiger partial charge is 0.232 e. The second kappa shape index (κ2) is 7.18. The lowest BCUT2D eigenvalue weighted by Crippen LogP contribution is -1.99. The van der Waals surface area contributed by atoms with Crippen LogP contribution in [0.1, 0.15) is 26.4 Å². The maximum absolute atomic E-state index is 13.2. The van der Waals surface area contributed by atoms with Gasteiger partial charge in [-0.1, -0.05) is 23.7 Å². The average molecular weight is 401 g/mol. The van der Waals surface area contributed by atoms with E-state index in [1.165, 1.54) is 23.5 Å². The van der Waals surface area contributed by atoms with Crippen LogP contribution in [0.2, 0.25) is 5.02 Å². The minimum Gasteiger partial charge on any atom is -0.488 e. The number of hydrogen-bond donors (Lipinski definition) is 0. The molecule has 0 radical (unpaired) electrons. The quantitative estimate of drug-likeness (QED) is 0.500. The van der Waals surface area contributed by atoms with Crippen molar-refractivity contribution in [3.63, 3.8) is 0 Å². The first-order valence-electron chi connectivity index (χ1n) is 8.21. The fraction of sp³-hybridized carbons (Fsp3) is 0.0952. The fourth-order valence-electron chi connectivity index (χ4n) is 2.82. The largest absolute Gasteiger partial charge is 0.488 e. The highest BCUT2D eigenvalue weighted by molar-refractivity contribution is 7.10. The van der Waals surface area contributed by atoms with Crippen molar-refractivity contribution in [2.24, 2.45) is 0 Å². The summed E-state index contributed by atoms with van der Waals surface area (Å²) in [6, 6.07) is 11.4. The molecule has 3 aromatic rings. The number of carbonyl (C=O) groups excluding carboxylic acids is 1. The third-order valence-electron chi connectivity index (χ3n) is 4.25. The number of ether oxygens (including phenoxy) is 2. The zero-order valence-electron chi connectivity index (χ0n) is 14.3. The van der Waals surface area contributed by atoms with Gasteiger partial charge in [0.15, 0.2) is 5.76 Å². The number of allylic oxidation sites excluding steroid dienone is 1. The third kappa shape index (κ3) is 3.48. The highest BCUT2D eigenvalue weighted by Crippen LogP contribution is 2.39. The van der Waals surface area contributed by atoms with Crippen molar-refractivity contribution in [3.05, 3.63) is 86.0 Å². The van der Waals surface area contributed by atoms with Crippen molar-refractivity contribution >= 4 is 34.8 Å². The summed E-state index contributed by atoms with van der Waals surface area (Å²) in [6.07, 6.45) is 1.74. The Hall–Kier alpha value is -2.63. The molecule has 0 N–H and O–H groups in total. The molecule has 0 saturated heterocycles. The molecule has 1 aromatic heterocycles. The van der Waals surface area contributed by atoms with Gasteiger partial charge in [0.05, 0.1) is 10.6 Å². The lowest BCUT2D eigenvalue weighted by molar-refractivity contribution is 0.101. The normalized spacial score (nSPS) is 14.3. The number of carbonyl (C=O) groups is 1. The summed E-state index contributed by atoms with van der Waals surface area (Å²) >= 11 is 7.57. The van der Waals surface area contributed by atoms with E-state index >= 15 is 0 Å². The molecule has 0 unspecified atom stereocenters. The molecule has 1 aliphatic heterocycles. The standard InChI is InChI=1S/C21H14ClFO3S/c1-12-18(25-11-13-4-5-14(23)9-17(13)22)7-6-16-20(24)19(26-21(12)16)10-15-3-2-8-27-15/h2-10H,11H2,1H3/b19-10-. The van der Waals surface area contributed by atoms with Gasteiger partial charge in [-0.25, -0.2) is 4.39 Å². The number of hydrogen-bond acceptors (Lipinski definition) is 4. The van der Waals surface area contributed by atoms with Crippen molar-refractivity contribution in [2.75, 3.05) is 0 Å². The van der Waals surface area contributed by atoms with Crippen LogP contribution < -0.4 is 9.47 Å². The van der Waals surface area contributed by atoms with Crippen LogP contribution in [0.25, 0.3) is 6.08 Å². The summed E-state index contributed by atoms with van der Waals surface area (Å²) in [6.45, 7) is 2.02. The van der Waals surface area contributed by atoms with Crippen LogP contribution in [0.15, 0.2) is 53.6 Å². The van der Waals surface area contributed by atoms with Crippen molar-refractivity contribution in [2.45, 2.75) is 13.5 Å². The summed E-state index contributed by atoms with van der Waals surface area (Å²) in [4.78, 5) is 13.5. The number of Topliss-reactive ketones (excluding diaryl/α,β-unsaturated/α-hetero) is 1. The number of fused-ring (bicyclic) bond motifs is 1. The highest BCUT2D eigenvalue weighted by Gasteiger charge is 2.30. The lowest BCUT2D eigenvalue weighted by atomic mass is 10.1. The SMILES string of the molecule is Cc1c(OCc2ccc(F)cc2Cl)ccc2c1O/C(=C\c1cccs1)C2=O. The molecule has 2 heterocycles. The van der Waals surface area contributed by atoms with E-state index < -0.39 is 5.82 Å².